The Morgan fingerprint density at radius 2 is 1.83 bits per heavy atom. The molecule has 2 nitrogen and oxygen atoms in total. The molecule has 0 saturated heterocycles. The molecule has 5 heteroatoms. The van der Waals surface area contributed by atoms with Crippen molar-refractivity contribution in [1.82, 2.24) is 0 Å². The van der Waals surface area contributed by atoms with Crippen LogP contribution in [0.15, 0.2) is 70.5 Å². The van der Waals surface area contributed by atoms with E-state index in [-0.39, 0.29) is 11.9 Å². The van der Waals surface area contributed by atoms with Crippen molar-refractivity contribution in [3.05, 3.63) is 80.9 Å². The van der Waals surface area contributed by atoms with E-state index in [1.165, 1.54) is 15.8 Å². The molecule has 2 aromatic heterocycles. The van der Waals surface area contributed by atoms with Gasteiger partial charge in [-0.05, 0) is 47.2 Å². The van der Waals surface area contributed by atoms with Crippen LogP contribution in [0.1, 0.15) is 22.2 Å². The number of anilines is 1. The molecular formula is C19H15FN2S2. The zero-order valence-electron chi connectivity index (χ0n) is 12.8. The molecule has 3 aromatic rings. The molecule has 1 aromatic carbocycles. The Morgan fingerprint density at radius 1 is 1.00 bits per heavy atom. The fraction of sp³-hybridized carbons (Fsp3) is 0.105. The molecule has 0 bridgehead atoms. The Hall–Kier alpha value is -2.24. The summed E-state index contributed by atoms with van der Waals surface area (Å²) in [6.45, 7) is 0. The lowest BCUT2D eigenvalue weighted by Gasteiger charge is -2.23. The highest BCUT2D eigenvalue weighted by atomic mass is 32.1. The van der Waals surface area contributed by atoms with Crippen molar-refractivity contribution >= 4 is 40.1 Å². The minimum atomic E-state index is -0.244. The highest BCUT2D eigenvalue weighted by Gasteiger charge is 2.30. The first kappa shape index (κ1) is 15.3. The van der Waals surface area contributed by atoms with Crippen LogP contribution >= 0.6 is 22.7 Å². The van der Waals surface area contributed by atoms with Crippen molar-refractivity contribution in [2.45, 2.75) is 12.5 Å². The van der Waals surface area contributed by atoms with Crippen LogP contribution in [0.25, 0.3) is 6.08 Å². The van der Waals surface area contributed by atoms with Gasteiger partial charge >= 0.3 is 0 Å². The lowest BCUT2D eigenvalue weighted by atomic mass is 10.1. The number of allylic oxidation sites excluding steroid dienone is 1. The molecule has 24 heavy (non-hydrogen) atoms. The minimum absolute atomic E-state index is 0.0462. The number of rotatable bonds is 4. The molecule has 0 radical (unpaired) electrons. The SMILES string of the molecule is Fc1ccccc1N1N=C(/C=C/c2cccs2)C[C@H]1c1cccs1. The standard InChI is InChI=1S/C19H15FN2S2/c20-16-6-1-2-7-17(16)22-18(19-8-4-12-24-19)13-14(21-22)9-10-15-5-3-11-23-15/h1-12,18H,13H2/b10-9+/t18-/m0/s1. The molecule has 0 unspecified atom stereocenters. The summed E-state index contributed by atoms with van der Waals surface area (Å²) < 4.78 is 14.3. The summed E-state index contributed by atoms with van der Waals surface area (Å²) in [5, 5.41) is 10.6. The molecule has 1 atom stereocenters. The average molecular weight is 354 g/mol. The van der Waals surface area contributed by atoms with E-state index in [9.17, 15) is 4.39 Å². The number of para-hydroxylation sites is 1. The van der Waals surface area contributed by atoms with E-state index in [1.54, 1.807) is 34.8 Å². The molecule has 0 amide bonds. The fourth-order valence-electron chi connectivity index (χ4n) is 2.76. The molecule has 3 heterocycles. The topological polar surface area (TPSA) is 15.6 Å². The molecule has 0 aliphatic carbocycles. The highest BCUT2D eigenvalue weighted by molar-refractivity contribution is 7.10. The number of hydrogen-bond donors (Lipinski definition) is 0. The quantitative estimate of drug-likeness (QED) is 0.563. The summed E-state index contributed by atoms with van der Waals surface area (Å²) in [7, 11) is 0. The molecule has 0 spiro atoms. The molecular weight excluding hydrogens is 339 g/mol. The first-order valence-corrected chi connectivity index (χ1v) is 9.43. The monoisotopic (exact) mass is 354 g/mol. The number of benzene rings is 1. The predicted molar refractivity (Wildman–Crippen MR) is 101 cm³/mol. The average Bonchev–Trinajstić information content (AvgIpc) is 3.34. The summed E-state index contributed by atoms with van der Waals surface area (Å²) >= 11 is 3.37. The van der Waals surface area contributed by atoms with Crippen molar-refractivity contribution in [2.24, 2.45) is 5.10 Å². The van der Waals surface area contributed by atoms with Crippen LogP contribution in [-0.4, -0.2) is 5.71 Å². The van der Waals surface area contributed by atoms with E-state index in [1.807, 2.05) is 34.7 Å². The van der Waals surface area contributed by atoms with Crippen LogP contribution in [0.2, 0.25) is 0 Å². The Kier molecular flexibility index (Phi) is 4.28. The fourth-order valence-corrected chi connectivity index (χ4v) is 4.19. The lowest BCUT2D eigenvalue weighted by molar-refractivity contribution is 0.608. The van der Waals surface area contributed by atoms with E-state index in [0.29, 0.717) is 5.69 Å². The van der Waals surface area contributed by atoms with Crippen LogP contribution in [0.5, 0.6) is 0 Å². The molecule has 0 saturated carbocycles. The van der Waals surface area contributed by atoms with Gasteiger partial charge in [-0.25, -0.2) is 4.39 Å². The van der Waals surface area contributed by atoms with Crippen LogP contribution in [0.4, 0.5) is 10.1 Å². The maximum Gasteiger partial charge on any atom is 0.148 e. The van der Waals surface area contributed by atoms with Gasteiger partial charge in [-0.3, -0.25) is 5.01 Å². The summed E-state index contributed by atoms with van der Waals surface area (Å²) in [6, 6.07) is 15.1. The van der Waals surface area contributed by atoms with E-state index in [0.717, 1.165) is 12.1 Å². The Bertz CT molecular complexity index is 867. The highest BCUT2D eigenvalue weighted by Crippen LogP contribution is 2.38. The van der Waals surface area contributed by atoms with Gasteiger partial charge in [-0.2, -0.15) is 5.10 Å². The maximum atomic E-state index is 14.3. The molecule has 4 rings (SSSR count). The van der Waals surface area contributed by atoms with Crippen LogP contribution in [0.3, 0.4) is 0 Å². The van der Waals surface area contributed by atoms with E-state index >= 15 is 0 Å². The molecule has 1 aliphatic rings. The van der Waals surface area contributed by atoms with E-state index < -0.39 is 0 Å². The van der Waals surface area contributed by atoms with Crippen molar-refractivity contribution in [1.29, 1.82) is 0 Å². The van der Waals surface area contributed by atoms with Crippen LogP contribution in [-0.2, 0) is 0 Å². The summed E-state index contributed by atoms with van der Waals surface area (Å²) in [5.74, 6) is -0.244. The van der Waals surface area contributed by atoms with Gasteiger partial charge in [0.1, 0.15) is 5.82 Å². The van der Waals surface area contributed by atoms with Crippen molar-refractivity contribution in [3.63, 3.8) is 0 Å². The van der Waals surface area contributed by atoms with Gasteiger partial charge in [0.15, 0.2) is 0 Å². The predicted octanol–water partition coefficient (Wildman–Crippen LogP) is 5.97. The van der Waals surface area contributed by atoms with Gasteiger partial charge in [-0.15, -0.1) is 22.7 Å². The maximum absolute atomic E-state index is 14.3. The Morgan fingerprint density at radius 3 is 2.58 bits per heavy atom. The first-order chi connectivity index (χ1) is 11.8. The number of halogens is 1. The van der Waals surface area contributed by atoms with Crippen LogP contribution in [0, 0.1) is 5.82 Å². The van der Waals surface area contributed by atoms with Gasteiger partial charge < -0.3 is 0 Å². The second-order valence-corrected chi connectivity index (χ2v) is 7.43. The molecule has 0 N–H and O–H groups in total. The smallest absolute Gasteiger partial charge is 0.148 e. The van der Waals surface area contributed by atoms with Gasteiger partial charge in [0.25, 0.3) is 0 Å². The second-order valence-electron chi connectivity index (χ2n) is 5.47. The molecule has 1 aliphatic heterocycles. The first-order valence-electron chi connectivity index (χ1n) is 7.67. The summed E-state index contributed by atoms with van der Waals surface area (Å²) in [6.07, 6.45) is 4.88. The molecule has 120 valence electrons. The number of hydrazone groups is 1. The number of hydrogen-bond acceptors (Lipinski definition) is 4. The van der Waals surface area contributed by atoms with Crippen molar-refractivity contribution in [3.8, 4) is 0 Å². The lowest BCUT2D eigenvalue weighted by Crippen LogP contribution is -2.18. The van der Waals surface area contributed by atoms with Gasteiger partial charge in [0.2, 0.25) is 0 Å². The van der Waals surface area contributed by atoms with Crippen molar-refractivity contribution < 1.29 is 4.39 Å². The zero-order valence-corrected chi connectivity index (χ0v) is 14.4. The summed E-state index contributed by atoms with van der Waals surface area (Å²) in [4.78, 5) is 2.39. The van der Waals surface area contributed by atoms with Crippen molar-refractivity contribution in [2.75, 3.05) is 5.01 Å². The summed E-state index contributed by atoms with van der Waals surface area (Å²) in [5.41, 5.74) is 1.49. The third kappa shape index (κ3) is 3.05. The Labute approximate surface area is 148 Å². The van der Waals surface area contributed by atoms with Gasteiger partial charge in [0, 0.05) is 16.2 Å². The van der Waals surface area contributed by atoms with E-state index in [4.69, 9.17) is 5.10 Å². The number of thiophene rings is 2. The minimum Gasteiger partial charge on any atom is -0.254 e. The Balaban J connectivity index is 1.68. The largest absolute Gasteiger partial charge is 0.254 e. The normalized spacial score (nSPS) is 17.6. The van der Waals surface area contributed by atoms with Crippen LogP contribution < -0.4 is 5.01 Å². The third-order valence-corrected chi connectivity index (χ3v) is 5.70. The molecule has 0 fully saturated rings. The third-order valence-electron chi connectivity index (χ3n) is 3.89. The van der Waals surface area contributed by atoms with Gasteiger partial charge in [0.05, 0.1) is 17.4 Å². The van der Waals surface area contributed by atoms with Gasteiger partial charge in [-0.1, -0.05) is 24.3 Å². The number of nitrogens with zero attached hydrogens (tertiary/aromatic N) is 2. The van der Waals surface area contributed by atoms with E-state index in [2.05, 4.69) is 23.6 Å². The zero-order chi connectivity index (χ0) is 16.4. The second kappa shape index (κ2) is 6.71.